The van der Waals surface area contributed by atoms with E-state index < -0.39 is 10.0 Å². The minimum Gasteiger partial charge on any atom is -0.481 e. The Hall–Kier alpha value is -1.55. The maximum atomic E-state index is 12.1. The quantitative estimate of drug-likeness (QED) is 0.767. The van der Waals surface area contributed by atoms with Crippen LogP contribution >= 0.6 is 0 Å². The first-order chi connectivity index (χ1) is 10.6. The molecule has 22 heavy (non-hydrogen) atoms. The third-order valence-corrected chi connectivity index (χ3v) is 5.64. The normalized spacial score (nSPS) is 19.0. The van der Waals surface area contributed by atoms with Crippen LogP contribution in [-0.2, 0) is 16.6 Å². The predicted molar refractivity (Wildman–Crippen MR) is 87.0 cm³/mol. The first-order valence-corrected chi connectivity index (χ1v) is 8.96. The molecule has 1 aromatic rings. The predicted octanol–water partition coefficient (Wildman–Crippen LogP) is 1.21. The molecule has 0 aliphatic carbocycles. The summed E-state index contributed by atoms with van der Waals surface area (Å²) in [4.78, 5) is 2.14. The number of hydrogen-bond donors (Lipinski definition) is 1. The molecule has 0 spiro atoms. The van der Waals surface area contributed by atoms with Gasteiger partial charge < -0.3 is 4.74 Å². The molecule has 0 radical (unpaired) electrons. The highest BCUT2D eigenvalue weighted by Gasteiger charge is 2.32. The molecule has 0 saturated carbocycles. The molecule has 120 valence electrons. The molecule has 0 amide bonds. The van der Waals surface area contributed by atoms with Gasteiger partial charge in [0.1, 0.15) is 12.4 Å². The number of terminal acetylenes is 1. The second kappa shape index (κ2) is 7.63. The molecule has 1 aliphatic heterocycles. The zero-order valence-corrected chi connectivity index (χ0v) is 13.6. The number of nitrogens with zero attached hydrogens (tertiary/aromatic N) is 1. The molecular formula is C16H22N2O3S. The molecular weight excluding hydrogens is 300 g/mol. The van der Waals surface area contributed by atoms with Gasteiger partial charge in [0, 0.05) is 25.2 Å². The monoisotopic (exact) mass is 322 g/mol. The smallest absolute Gasteiger partial charge is 0.215 e. The van der Waals surface area contributed by atoms with Gasteiger partial charge in [0.2, 0.25) is 10.0 Å². The maximum absolute atomic E-state index is 12.1. The standard InChI is InChI=1S/C16H22N2O3S/c1-3-11-21-16-8-6-5-7-14(16)12-18-10-9-15(13-18)22(19,20)17-4-2/h1,5-8,15,17H,4,9-13H2,2H3/t15-/m0/s1. The van der Waals surface area contributed by atoms with E-state index >= 15 is 0 Å². The first-order valence-electron chi connectivity index (χ1n) is 7.41. The highest BCUT2D eigenvalue weighted by Crippen LogP contribution is 2.23. The molecule has 1 aliphatic rings. The molecule has 0 bridgehead atoms. The number of sulfonamides is 1. The van der Waals surface area contributed by atoms with Crippen LogP contribution in [0.5, 0.6) is 5.75 Å². The van der Waals surface area contributed by atoms with E-state index in [-0.39, 0.29) is 11.9 Å². The molecule has 1 aromatic carbocycles. The SMILES string of the molecule is C#CCOc1ccccc1CN1CC[C@H](S(=O)(=O)NCC)C1. The number of likely N-dealkylation sites (tertiary alicyclic amines) is 1. The Bertz CT molecular complexity index is 637. The summed E-state index contributed by atoms with van der Waals surface area (Å²) in [6.07, 6.45) is 5.88. The summed E-state index contributed by atoms with van der Waals surface area (Å²) >= 11 is 0. The van der Waals surface area contributed by atoms with Gasteiger partial charge in [0.15, 0.2) is 0 Å². The van der Waals surface area contributed by atoms with Gasteiger partial charge in [0.25, 0.3) is 0 Å². The maximum Gasteiger partial charge on any atom is 0.215 e. The van der Waals surface area contributed by atoms with E-state index in [0.29, 0.717) is 26.1 Å². The molecule has 6 heteroatoms. The Labute approximate surface area is 132 Å². The van der Waals surface area contributed by atoms with Gasteiger partial charge in [-0.15, -0.1) is 6.42 Å². The third-order valence-electron chi connectivity index (χ3n) is 3.69. The van der Waals surface area contributed by atoms with Gasteiger partial charge in [-0.1, -0.05) is 31.0 Å². The average Bonchev–Trinajstić information content (AvgIpc) is 2.96. The summed E-state index contributed by atoms with van der Waals surface area (Å²) in [6, 6.07) is 7.71. The van der Waals surface area contributed by atoms with E-state index in [0.717, 1.165) is 17.9 Å². The van der Waals surface area contributed by atoms with Crippen LogP contribution in [-0.4, -0.2) is 44.8 Å². The topological polar surface area (TPSA) is 58.6 Å². The van der Waals surface area contributed by atoms with Crippen LogP contribution in [0.2, 0.25) is 0 Å². The van der Waals surface area contributed by atoms with Crippen molar-refractivity contribution in [3.63, 3.8) is 0 Å². The lowest BCUT2D eigenvalue weighted by atomic mass is 10.2. The Kier molecular flexibility index (Phi) is 5.83. The van der Waals surface area contributed by atoms with Crippen LogP contribution in [0.4, 0.5) is 0 Å². The van der Waals surface area contributed by atoms with Crippen molar-refractivity contribution in [2.45, 2.75) is 25.1 Å². The highest BCUT2D eigenvalue weighted by molar-refractivity contribution is 7.90. The fourth-order valence-electron chi connectivity index (χ4n) is 2.65. The number of para-hydroxylation sites is 1. The Morgan fingerprint density at radius 3 is 2.95 bits per heavy atom. The Morgan fingerprint density at radius 1 is 1.45 bits per heavy atom. The molecule has 1 N–H and O–H groups in total. The van der Waals surface area contributed by atoms with Crippen molar-refractivity contribution >= 4 is 10.0 Å². The van der Waals surface area contributed by atoms with Gasteiger partial charge >= 0.3 is 0 Å². The zero-order chi connectivity index (χ0) is 16.0. The minimum absolute atomic E-state index is 0.231. The fourth-order valence-corrected chi connectivity index (χ4v) is 4.11. The number of hydrogen-bond acceptors (Lipinski definition) is 4. The van der Waals surface area contributed by atoms with Crippen LogP contribution in [0.15, 0.2) is 24.3 Å². The lowest BCUT2D eigenvalue weighted by Crippen LogP contribution is -2.36. The largest absolute Gasteiger partial charge is 0.481 e. The van der Waals surface area contributed by atoms with Crippen molar-refractivity contribution in [3.05, 3.63) is 29.8 Å². The van der Waals surface area contributed by atoms with E-state index in [1.165, 1.54) is 0 Å². The Balaban J connectivity index is 2.00. The van der Waals surface area contributed by atoms with E-state index in [9.17, 15) is 8.42 Å². The van der Waals surface area contributed by atoms with Crippen molar-refractivity contribution in [3.8, 4) is 18.1 Å². The number of nitrogens with one attached hydrogen (secondary N) is 1. The molecule has 2 rings (SSSR count). The summed E-state index contributed by atoms with van der Waals surface area (Å²) < 4.78 is 32.2. The molecule has 1 atom stereocenters. The van der Waals surface area contributed by atoms with Crippen LogP contribution in [0.1, 0.15) is 18.9 Å². The van der Waals surface area contributed by atoms with E-state index in [2.05, 4.69) is 15.5 Å². The summed E-state index contributed by atoms with van der Waals surface area (Å²) in [5.74, 6) is 3.22. The number of ether oxygens (including phenoxy) is 1. The second-order valence-corrected chi connectivity index (χ2v) is 7.33. The molecule has 5 nitrogen and oxygen atoms in total. The lowest BCUT2D eigenvalue weighted by molar-refractivity contribution is 0.314. The molecule has 1 saturated heterocycles. The van der Waals surface area contributed by atoms with Gasteiger partial charge in [-0.3, -0.25) is 4.90 Å². The first kappa shape index (κ1) is 16.8. The number of benzene rings is 1. The second-order valence-electron chi connectivity index (χ2n) is 5.29. The molecule has 0 unspecified atom stereocenters. The Morgan fingerprint density at radius 2 is 2.23 bits per heavy atom. The summed E-state index contributed by atoms with van der Waals surface area (Å²) in [5, 5.41) is -0.341. The van der Waals surface area contributed by atoms with Gasteiger partial charge in [-0.25, -0.2) is 13.1 Å². The lowest BCUT2D eigenvalue weighted by Gasteiger charge is -2.18. The van der Waals surface area contributed by atoms with Crippen molar-refractivity contribution < 1.29 is 13.2 Å². The van der Waals surface area contributed by atoms with Gasteiger partial charge in [-0.2, -0.15) is 0 Å². The molecule has 1 heterocycles. The van der Waals surface area contributed by atoms with E-state index in [1.54, 1.807) is 6.92 Å². The van der Waals surface area contributed by atoms with Crippen LogP contribution in [0.25, 0.3) is 0 Å². The van der Waals surface area contributed by atoms with Crippen molar-refractivity contribution in [1.82, 2.24) is 9.62 Å². The summed E-state index contributed by atoms with van der Waals surface area (Å²) in [5.41, 5.74) is 1.03. The highest BCUT2D eigenvalue weighted by atomic mass is 32.2. The summed E-state index contributed by atoms with van der Waals surface area (Å²) in [6.45, 7) is 4.43. The zero-order valence-electron chi connectivity index (χ0n) is 12.8. The van der Waals surface area contributed by atoms with Crippen molar-refractivity contribution in [2.24, 2.45) is 0 Å². The summed E-state index contributed by atoms with van der Waals surface area (Å²) in [7, 11) is -3.21. The van der Waals surface area contributed by atoms with E-state index in [4.69, 9.17) is 11.2 Å². The van der Waals surface area contributed by atoms with Crippen LogP contribution in [0, 0.1) is 12.3 Å². The fraction of sp³-hybridized carbons (Fsp3) is 0.500. The minimum atomic E-state index is -3.21. The van der Waals surface area contributed by atoms with Gasteiger partial charge in [0.05, 0.1) is 5.25 Å². The molecule has 0 aromatic heterocycles. The van der Waals surface area contributed by atoms with Crippen LogP contribution < -0.4 is 9.46 Å². The van der Waals surface area contributed by atoms with Gasteiger partial charge in [-0.05, 0) is 19.0 Å². The number of rotatable bonds is 7. The average molecular weight is 322 g/mol. The van der Waals surface area contributed by atoms with Crippen LogP contribution in [0.3, 0.4) is 0 Å². The third kappa shape index (κ3) is 4.23. The van der Waals surface area contributed by atoms with Crippen molar-refractivity contribution in [2.75, 3.05) is 26.2 Å². The van der Waals surface area contributed by atoms with Crippen molar-refractivity contribution in [1.29, 1.82) is 0 Å². The molecule has 1 fully saturated rings. The van der Waals surface area contributed by atoms with E-state index in [1.807, 2.05) is 24.3 Å².